The highest BCUT2D eigenvalue weighted by molar-refractivity contribution is 5.95. The molecule has 1 amide bonds. The molecule has 120 valence electrons. The second-order valence-corrected chi connectivity index (χ2v) is 6.74. The molecular formula is C18H20N2O3. The second-order valence-electron chi connectivity index (χ2n) is 6.74. The number of pyridine rings is 1. The van der Waals surface area contributed by atoms with E-state index in [4.69, 9.17) is 4.42 Å². The molecule has 2 unspecified atom stereocenters. The first kappa shape index (κ1) is 14.3. The van der Waals surface area contributed by atoms with Gasteiger partial charge >= 0.3 is 0 Å². The van der Waals surface area contributed by atoms with Gasteiger partial charge in [0.25, 0.3) is 11.5 Å². The number of amides is 1. The number of hydrogen-bond acceptors (Lipinski definition) is 3. The van der Waals surface area contributed by atoms with E-state index in [9.17, 15) is 9.59 Å². The van der Waals surface area contributed by atoms with Gasteiger partial charge in [0.15, 0.2) is 0 Å². The van der Waals surface area contributed by atoms with Crippen LogP contribution in [0.15, 0.2) is 33.5 Å². The summed E-state index contributed by atoms with van der Waals surface area (Å²) in [6.07, 6.45) is 1.05. The first-order valence-corrected chi connectivity index (χ1v) is 8.09. The van der Waals surface area contributed by atoms with Gasteiger partial charge in [-0.15, -0.1) is 0 Å². The van der Waals surface area contributed by atoms with Gasteiger partial charge in [-0.05, 0) is 38.3 Å². The molecule has 0 aromatic carbocycles. The average molecular weight is 312 g/mol. The van der Waals surface area contributed by atoms with Gasteiger partial charge in [0.05, 0.1) is 5.56 Å². The predicted octanol–water partition coefficient (Wildman–Crippen LogP) is 2.32. The third-order valence-electron chi connectivity index (χ3n) is 5.04. The number of rotatable bonds is 1. The molecular weight excluding hydrogens is 292 g/mol. The number of nitrogens with zero attached hydrogens (tertiary/aromatic N) is 2. The Morgan fingerprint density at radius 3 is 2.78 bits per heavy atom. The maximum atomic E-state index is 12.8. The maximum Gasteiger partial charge on any atom is 0.257 e. The Bertz CT molecular complexity index is 833. The highest BCUT2D eigenvalue weighted by Gasteiger charge is 2.37. The number of furan rings is 1. The van der Waals surface area contributed by atoms with Crippen LogP contribution >= 0.6 is 0 Å². The number of fused-ring (bicyclic) bond motifs is 4. The van der Waals surface area contributed by atoms with Crippen LogP contribution in [0.1, 0.15) is 39.9 Å². The molecule has 1 saturated heterocycles. The first-order chi connectivity index (χ1) is 11.0. The van der Waals surface area contributed by atoms with E-state index in [-0.39, 0.29) is 17.4 Å². The molecule has 4 heterocycles. The van der Waals surface area contributed by atoms with Crippen molar-refractivity contribution in [2.75, 3.05) is 13.1 Å². The summed E-state index contributed by atoms with van der Waals surface area (Å²) in [5.41, 5.74) is 1.79. The fourth-order valence-corrected chi connectivity index (χ4v) is 4.08. The van der Waals surface area contributed by atoms with Crippen molar-refractivity contribution in [2.45, 2.75) is 32.7 Å². The summed E-state index contributed by atoms with van der Waals surface area (Å²) in [7, 11) is 0. The normalized spacial score (nSPS) is 22.8. The van der Waals surface area contributed by atoms with Crippen LogP contribution in [-0.4, -0.2) is 28.5 Å². The fraction of sp³-hybridized carbons (Fsp3) is 0.444. The molecule has 2 aliphatic rings. The van der Waals surface area contributed by atoms with Crippen molar-refractivity contribution in [1.29, 1.82) is 0 Å². The second kappa shape index (κ2) is 5.11. The van der Waals surface area contributed by atoms with Crippen molar-refractivity contribution in [3.05, 3.63) is 57.4 Å². The van der Waals surface area contributed by atoms with Gasteiger partial charge in [-0.3, -0.25) is 9.59 Å². The van der Waals surface area contributed by atoms with Gasteiger partial charge in [0.1, 0.15) is 11.5 Å². The van der Waals surface area contributed by atoms with Gasteiger partial charge in [-0.2, -0.15) is 0 Å². The van der Waals surface area contributed by atoms with Crippen LogP contribution in [-0.2, 0) is 6.54 Å². The summed E-state index contributed by atoms with van der Waals surface area (Å²) in [5, 5.41) is 0. The summed E-state index contributed by atoms with van der Waals surface area (Å²) in [4.78, 5) is 26.8. The van der Waals surface area contributed by atoms with E-state index < -0.39 is 0 Å². The van der Waals surface area contributed by atoms with Gasteiger partial charge < -0.3 is 13.9 Å². The van der Waals surface area contributed by atoms with Gasteiger partial charge in [-0.1, -0.05) is 6.07 Å². The molecule has 0 spiro atoms. The molecule has 1 fully saturated rings. The summed E-state index contributed by atoms with van der Waals surface area (Å²) in [6, 6.07) is 7.27. The summed E-state index contributed by atoms with van der Waals surface area (Å²) in [5.74, 6) is 2.08. The van der Waals surface area contributed by atoms with Gasteiger partial charge in [0.2, 0.25) is 0 Å². The monoisotopic (exact) mass is 312 g/mol. The minimum atomic E-state index is 0.0424. The zero-order valence-electron chi connectivity index (χ0n) is 13.4. The van der Waals surface area contributed by atoms with Crippen molar-refractivity contribution in [1.82, 2.24) is 9.47 Å². The van der Waals surface area contributed by atoms with Gasteiger partial charge in [-0.25, -0.2) is 0 Å². The van der Waals surface area contributed by atoms with Crippen LogP contribution in [0.25, 0.3) is 0 Å². The molecule has 2 bridgehead atoms. The minimum Gasteiger partial charge on any atom is -0.466 e. The smallest absolute Gasteiger partial charge is 0.257 e. The zero-order valence-corrected chi connectivity index (χ0v) is 13.4. The number of carbonyl (C=O) groups is 1. The lowest BCUT2D eigenvalue weighted by molar-refractivity contribution is 0.0593. The summed E-state index contributed by atoms with van der Waals surface area (Å²) < 4.78 is 7.38. The molecule has 2 atom stereocenters. The summed E-state index contributed by atoms with van der Waals surface area (Å²) >= 11 is 0. The van der Waals surface area contributed by atoms with Crippen molar-refractivity contribution in [3.63, 3.8) is 0 Å². The number of likely N-dealkylation sites (tertiary alicyclic amines) is 1. The van der Waals surface area contributed by atoms with Crippen LogP contribution < -0.4 is 5.56 Å². The van der Waals surface area contributed by atoms with E-state index in [2.05, 4.69) is 0 Å². The van der Waals surface area contributed by atoms with Crippen molar-refractivity contribution in [2.24, 2.45) is 5.92 Å². The Kier molecular flexibility index (Phi) is 3.18. The highest BCUT2D eigenvalue weighted by atomic mass is 16.3. The lowest BCUT2D eigenvalue weighted by Crippen LogP contribution is -2.49. The Balaban J connectivity index is 1.65. The standard InChI is InChI=1S/C18H20N2O3/c1-11-6-15(12(2)23-11)18(22)19-8-13-7-14(10-19)16-4-3-5-17(21)20(16)9-13/h3-6,13-14H,7-10H2,1-2H3. The predicted molar refractivity (Wildman–Crippen MR) is 85.6 cm³/mol. The first-order valence-electron chi connectivity index (χ1n) is 8.09. The quantitative estimate of drug-likeness (QED) is 0.812. The van der Waals surface area contributed by atoms with Crippen LogP contribution in [0.5, 0.6) is 0 Å². The van der Waals surface area contributed by atoms with Crippen LogP contribution in [0.2, 0.25) is 0 Å². The summed E-state index contributed by atoms with van der Waals surface area (Å²) in [6.45, 7) is 5.78. The Labute approximate surface area is 134 Å². The van der Waals surface area contributed by atoms with Gasteiger partial charge in [0, 0.05) is 37.3 Å². The van der Waals surface area contributed by atoms with Crippen molar-refractivity contribution >= 4 is 5.91 Å². The Morgan fingerprint density at radius 1 is 1.22 bits per heavy atom. The molecule has 23 heavy (non-hydrogen) atoms. The van der Waals surface area contributed by atoms with Crippen LogP contribution in [0.4, 0.5) is 0 Å². The van der Waals surface area contributed by atoms with E-state index in [0.717, 1.165) is 17.9 Å². The van der Waals surface area contributed by atoms with E-state index in [1.807, 2.05) is 41.5 Å². The number of aromatic nitrogens is 1. The van der Waals surface area contributed by atoms with E-state index >= 15 is 0 Å². The molecule has 2 aromatic rings. The fourth-order valence-electron chi connectivity index (χ4n) is 4.08. The topological polar surface area (TPSA) is 55.5 Å². The molecule has 0 aliphatic carbocycles. The number of hydrogen-bond donors (Lipinski definition) is 0. The maximum absolute atomic E-state index is 12.8. The lowest BCUT2D eigenvalue weighted by atomic mass is 9.83. The molecule has 2 aliphatic heterocycles. The van der Waals surface area contributed by atoms with Crippen molar-refractivity contribution < 1.29 is 9.21 Å². The van der Waals surface area contributed by atoms with E-state index in [1.165, 1.54) is 0 Å². The Hall–Kier alpha value is -2.30. The SMILES string of the molecule is Cc1cc(C(=O)N2CC3CC(C2)c2cccc(=O)n2C3)c(C)o1. The highest BCUT2D eigenvalue weighted by Crippen LogP contribution is 2.35. The van der Waals surface area contributed by atoms with Crippen LogP contribution in [0, 0.1) is 19.8 Å². The van der Waals surface area contributed by atoms with Crippen molar-refractivity contribution in [3.8, 4) is 0 Å². The largest absolute Gasteiger partial charge is 0.466 e. The molecule has 5 heteroatoms. The average Bonchev–Trinajstić information content (AvgIpc) is 2.86. The third kappa shape index (κ3) is 2.31. The number of aryl methyl sites for hydroxylation is 2. The van der Waals surface area contributed by atoms with E-state index in [0.29, 0.717) is 36.9 Å². The number of carbonyl (C=O) groups excluding carboxylic acids is 1. The lowest BCUT2D eigenvalue weighted by Gasteiger charge is -2.42. The Morgan fingerprint density at radius 2 is 2.04 bits per heavy atom. The zero-order chi connectivity index (χ0) is 16.1. The molecule has 5 nitrogen and oxygen atoms in total. The van der Waals surface area contributed by atoms with Crippen LogP contribution in [0.3, 0.4) is 0 Å². The number of piperidine rings is 1. The molecule has 2 aromatic heterocycles. The van der Waals surface area contributed by atoms with E-state index in [1.54, 1.807) is 6.07 Å². The minimum absolute atomic E-state index is 0.0424. The molecule has 0 radical (unpaired) electrons. The molecule has 0 N–H and O–H groups in total. The molecule has 4 rings (SSSR count). The molecule has 0 saturated carbocycles. The third-order valence-corrected chi connectivity index (χ3v) is 5.04.